The smallest absolute Gasteiger partial charge is 0.331 e. The molecule has 3 aromatic rings. The lowest BCUT2D eigenvalue weighted by Gasteiger charge is -1.99. The number of carbonyl (C=O) groups excluding carboxylic acids is 1. The first-order chi connectivity index (χ1) is 11.7. The van der Waals surface area contributed by atoms with E-state index in [1.165, 1.54) is 6.08 Å². The molecule has 0 aliphatic rings. The molecule has 0 atom stereocenters. The Morgan fingerprint density at radius 2 is 2.12 bits per heavy atom. The van der Waals surface area contributed by atoms with Crippen molar-refractivity contribution in [3.05, 3.63) is 58.6 Å². The zero-order valence-corrected chi connectivity index (χ0v) is 13.7. The molecule has 3 rings (SSSR count). The van der Waals surface area contributed by atoms with Gasteiger partial charge in [0.2, 0.25) is 5.82 Å². The molecule has 0 bridgehead atoms. The Morgan fingerprint density at radius 3 is 2.83 bits per heavy atom. The van der Waals surface area contributed by atoms with Gasteiger partial charge in [-0.25, -0.2) is 4.79 Å². The SMILES string of the molecule is COc1ccc(-c2noc(COC(=O)/C=C/c3ccsc3)n2)cc1. The second kappa shape index (κ2) is 7.56. The van der Waals surface area contributed by atoms with E-state index in [-0.39, 0.29) is 12.5 Å². The van der Waals surface area contributed by atoms with Crippen LogP contribution in [0.3, 0.4) is 0 Å². The topological polar surface area (TPSA) is 74.5 Å². The highest BCUT2D eigenvalue weighted by molar-refractivity contribution is 7.08. The van der Waals surface area contributed by atoms with Gasteiger partial charge in [0.15, 0.2) is 6.61 Å². The van der Waals surface area contributed by atoms with E-state index >= 15 is 0 Å². The van der Waals surface area contributed by atoms with Gasteiger partial charge in [0.1, 0.15) is 5.75 Å². The molecule has 1 aromatic carbocycles. The average molecular weight is 342 g/mol. The van der Waals surface area contributed by atoms with Crippen LogP contribution >= 0.6 is 11.3 Å². The number of methoxy groups -OCH3 is 1. The molecule has 2 heterocycles. The van der Waals surface area contributed by atoms with Gasteiger partial charge in [-0.05, 0) is 52.7 Å². The fourth-order valence-electron chi connectivity index (χ4n) is 1.89. The van der Waals surface area contributed by atoms with E-state index in [9.17, 15) is 4.79 Å². The third kappa shape index (κ3) is 4.08. The Kier molecular flexibility index (Phi) is 5.02. The molecule has 2 aromatic heterocycles. The fraction of sp³-hybridized carbons (Fsp3) is 0.118. The third-order valence-electron chi connectivity index (χ3n) is 3.11. The fourth-order valence-corrected chi connectivity index (χ4v) is 2.51. The van der Waals surface area contributed by atoms with E-state index in [0.717, 1.165) is 16.9 Å². The summed E-state index contributed by atoms with van der Waals surface area (Å²) in [4.78, 5) is 15.8. The number of nitrogens with zero attached hydrogens (tertiary/aromatic N) is 2. The maximum Gasteiger partial charge on any atom is 0.331 e. The largest absolute Gasteiger partial charge is 0.497 e. The van der Waals surface area contributed by atoms with Crippen LogP contribution in [0.25, 0.3) is 17.5 Å². The number of aromatic nitrogens is 2. The first-order valence-electron chi connectivity index (χ1n) is 7.08. The molecular formula is C17H14N2O4S. The second-order valence-electron chi connectivity index (χ2n) is 4.74. The van der Waals surface area contributed by atoms with E-state index in [2.05, 4.69) is 10.1 Å². The van der Waals surface area contributed by atoms with Gasteiger partial charge >= 0.3 is 5.97 Å². The molecule has 0 saturated heterocycles. The number of thiophene rings is 1. The summed E-state index contributed by atoms with van der Waals surface area (Å²) >= 11 is 1.56. The zero-order valence-electron chi connectivity index (χ0n) is 12.8. The van der Waals surface area contributed by atoms with Crippen molar-refractivity contribution in [2.24, 2.45) is 0 Å². The molecule has 0 fully saturated rings. The summed E-state index contributed by atoms with van der Waals surface area (Å²) in [7, 11) is 1.60. The predicted molar refractivity (Wildman–Crippen MR) is 89.4 cm³/mol. The summed E-state index contributed by atoms with van der Waals surface area (Å²) in [6.45, 7) is -0.0734. The standard InChI is InChI=1S/C17H14N2O4S/c1-21-14-5-3-13(4-6-14)17-18-15(23-19-17)10-22-16(20)7-2-12-8-9-24-11-12/h2-9,11H,10H2,1H3/b7-2+. The van der Waals surface area contributed by atoms with Crippen LogP contribution in [0.4, 0.5) is 0 Å². The average Bonchev–Trinajstić information content (AvgIpc) is 3.30. The number of rotatable bonds is 6. The first-order valence-corrected chi connectivity index (χ1v) is 8.03. The minimum absolute atomic E-state index is 0.0734. The van der Waals surface area contributed by atoms with Crippen molar-refractivity contribution in [2.75, 3.05) is 7.11 Å². The maximum atomic E-state index is 11.6. The molecule has 122 valence electrons. The number of hydrogen-bond donors (Lipinski definition) is 0. The normalized spacial score (nSPS) is 10.9. The zero-order chi connectivity index (χ0) is 16.8. The molecule has 0 aliphatic heterocycles. The van der Waals surface area contributed by atoms with Gasteiger partial charge in [-0.2, -0.15) is 16.3 Å². The number of esters is 1. The van der Waals surface area contributed by atoms with Crippen molar-refractivity contribution in [1.82, 2.24) is 10.1 Å². The first kappa shape index (κ1) is 15.9. The Morgan fingerprint density at radius 1 is 1.29 bits per heavy atom. The maximum absolute atomic E-state index is 11.6. The van der Waals surface area contributed by atoms with Crippen LogP contribution in [0.5, 0.6) is 5.75 Å². The van der Waals surface area contributed by atoms with Crippen molar-refractivity contribution in [2.45, 2.75) is 6.61 Å². The molecule has 24 heavy (non-hydrogen) atoms. The van der Waals surface area contributed by atoms with Gasteiger partial charge < -0.3 is 14.0 Å². The van der Waals surface area contributed by atoms with E-state index in [4.69, 9.17) is 14.0 Å². The molecule has 0 saturated carbocycles. The van der Waals surface area contributed by atoms with Crippen molar-refractivity contribution >= 4 is 23.4 Å². The van der Waals surface area contributed by atoms with Crippen LogP contribution in [-0.4, -0.2) is 23.2 Å². The third-order valence-corrected chi connectivity index (χ3v) is 3.81. The van der Waals surface area contributed by atoms with Crippen LogP contribution < -0.4 is 4.74 Å². The van der Waals surface area contributed by atoms with Gasteiger partial charge in [0.25, 0.3) is 5.89 Å². The van der Waals surface area contributed by atoms with Gasteiger partial charge in [0.05, 0.1) is 7.11 Å². The highest BCUT2D eigenvalue weighted by Gasteiger charge is 2.10. The molecule has 6 nitrogen and oxygen atoms in total. The van der Waals surface area contributed by atoms with Gasteiger partial charge in [-0.3, -0.25) is 0 Å². The van der Waals surface area contributed by atoms with Crippen molar-refractivity contribution in [3.8, 4) is 17.1 Å². The van der Waals surface area contributed by atoms with Crippen LogP contribution in [0.15, 0.2) is 51.7 Å². The van der Waals surface area contributed by atoms with Crippen LogP contribution in [0.1, 0.15) is 11.5 Å². The minimum Gasteiger partial charge on any atom is -0.497 e. The van der Waals surface area contributed by atoms with Crippen molar-refractivity contribution in [1.29, 1.82) is 0 Å². The molecule has 0 N–H and O–H groups in total. The van der Waals surface area contributed by atoms with Crippen LogP contribution in [-0.2, 0) is 16.1 Å². The van der Waals surface area contributed by atoms with Crippen LogP contribution in [0, 0.1) is 0 Å². The van der Waals surface area contributed by atoms with Crippen LogP contribution in [0.2, 0.25) is 0 Å². The van der Waals surface area contributed by atoms with Crippen molar-refractivity contribution < 1.29 is 18.8 Å². The molecule has 0 radical (unpaired) electrons. The lowest BCUT2D eigenvalue weighted by atomic mass is 10.2. The van der Waals surface area contributed by atoms with Gasteiger partial charge in [-0.15, -0.1) is 0 Å². The summed E-state index contributed by atoms with van der Waals surface area (Å²) in [5, 5.41) is 7.74. The van der Waals surface area contributed by atoms with E-state index in [0.29, 0.717) is 5.82 Å². The summed E-state index contributed by atoms with van der Waals surface area (Å²) in [5.41, 5.74) is 1.74. The molecule has 0 aliphatic carbocycles. The number of ether oxygens (including phenoxy) is 2. The monoisotopic (exact) mass is 342 g/mol. The van der Waals surface area contributed by atoms with Gasteiger partial charge in [0, 0.05) is 11.6 Å². The highest BCUT2D eigenvalue weighted by atomic mass is 32.1. The Balaban J connectivity index is 1.56. The lowest BCUT2D eigenvalue weighted by molar-refractivity contribution is -0.139. The molecule has 0 amide bonds. The quantitative estimate of drug-likeness (QED) is 0.504. The van der Waals surface area contributed by atoms with E-state index in [1.54, 1.807) is 36.7 Å². The summed E-state index contributed by atoms with van der Waals surface area (Å²) in [6.07, 6.45) is 3.05. The Labute approximate surface area is 142 Å². The molecule has 7 heteroatoms. The number of carbonyl (C=O) groups is 1. The summed E-state index contributed by atoms with van der Waals surface area (Å²) in [5.74, 6) is 0.940. The van der Waals surface area contributed by atoms with Crippen molar-refractivity contribution in [3.63, 3.8) is 0 Å². The lowest BCUT2D eigenvalue weighted by Crippen LogP contribution is -2.00. The summed E-state index contributed by atoms with van der Waals surface area (Å²) in [6, 6.07) is 9.17. The summed E-state index contributed by atoms with van der Waals surface area (Å²) < 4.78 is 15.3. The predicted octanol–water partition coefficient (Wildman–Crippen LogP) is 3.56. The number of benzene rings is 1. The highest BCUT2D eigenvalue weighted by Crippen LogP contribution is 2.19. The minimum atomic E-state index is -0.467. The second-order valence-corrected chi connectivity index (χ2v) is 5.52. The molecule has 0 unspecified atom stereocenters. The van der Waals surface area contributed by atoms with Gasteiger partial charge in [-0.1, -0.05) is 5.16 Å². The number of hydrogen-bond acceptors (Lipinski definition) is 7. The Bertz CT molecular complexity index is 823. The Hall–Kier alpha value is -2.93. The van der Waals surface area contributed by atoms with E-state index < -0.39 is 5.97 Å². The molecular weight excluding hydrogens is 328 g/mol. The van der Waals surface area contributed by atoms with E-state index in [1.807, 2.05) is 29.0 Å². The molecule has 0 spiro atoms.